The minimum atomic E-state index is 0.337. The molecule has 1 aliphatic carbocycles. The predicted octanol–water partition coefficient (Wildman–Crippen LogP) is 4.48. The number of hydrazone groups is 1. The second kappa shape index (κ2) is 6.56. The van der Waals surface area contributed by atoms with Gasteiger partial charge in [0.25, 0.3) is 0 Å². The van der Waals surface area contributed by atoms with Crippen LogP contribution in [0.25, 0.3) is 0 Å². The van der Waals surface area contributed by atoms with Crippen molar-refractivity contribution in [2.75, 3.05) is 5.32 Å². The molecular formula is C17H25N3S. The number of nitrogens with one attached hydrogen (secondary N) is 2. The highest BCUT2D eigenvalue weighted by molar-refractivity contribution is 7.80. The van der Waals surface area contributed by atoms with Crippen molar-refractivity contribution in [3.05, 3.63) is 29.8 Å². The molecular weight excluding hydrogens is 278 g/mol. The zero-order chi connectivity index (χ0) is 15.5. The Hall–Kier alpha value is -1.42. The fourth-order valence-corrected chi connectivity index (χ4v) is 3.35. The first-order valence-corrected chi connectivity index (χ1v) is 7.94. The molecule has 1 atom stereocenters. The van der Waals surface area contributed by atoms with Crippen LogP contribution in [0.2, 0.25) is 0 Å². The maximum absolute atomic E-state index is 5.32. The maximum atomic E-state index is 5.32. The van der Waals surface area contributed by atoms with Crippen molar-refractivity contribution in [2.24, 2.45) is 16.4 Å². The molecule has 21 heavy (non-hydrogen) atoms. The molecule has 4 heteroatoms. The second-order valence-electron chi connectivity index (χ2n) is 6.91. The van der Waals surface area contributed by atoms with Gasteiger partial charge < -0.3 is 5.32 Å². The average molecular weight is 303 g/mol. The topological polar surface area (TPSA) is 36.4 Å². The summed E-state index contributed by atoms with van der Waals surface area (Å²) < 4.78 is 0. The highest BCUT2D eigenvalue weighted by Gasteiger charge is 2.29. The van der Waals surface area contributed by atoms with E-state index in [2.05, 4.69) is 49.6 Å². The molecule has 0 spiro atoms. The van der Waals surface area contributed by atoms with E-state index >= 15 is 0 Å². The van der Waals surface area contributed by atoms with Crippen molar-refractivity contribution < 1.29 is 0 Å². The van der Waals surface area contributed by atoms with Gasteiger partial charge in [-0.15, -0.1) is 0 Å². The molecule has 2 N–H and O–H groups in total. The highest BCUT2D eigenvalue weighted by atomic mass is 32.1. The fraction of sp³-hybridized carbons (Fsp3) is 0.529. The second-order valence-corrected chi connectivity index (χ2v) is 7.32. The van der Waals surface area contributed by atoms with E-state index in [9.17, 15) is 0 Å². The Morgan fingerprint density at radius 2 is 2.05 bits per heavy atom. The van der Waals surface area contributed by atoms with Gasteiger partial charge in [0.15, 0.2) is 5.11 Å². The van der Waals surface area contributed by atoms with Crippen LogP contribution in [0, 0.1) is 18.3 Å². The van der Waals surface area contributed by atoms with E-state index in [-0.39, 0.29) is 0 Å². The summed E-state index contributed by atoms with van der Waals surface area (Å²) in [5.41, 5.74) is 6.74. The van der Waals surface area contributed by atoms with Gasteiger partial charge in [0, 0.05) is 11.4 Å². The molecule has 0 bridgehead atoms. The number of para-hydroxylation sites is 1. The third-order valence-corrected chi connectivity index (χ3v) is 4.07. The summed E-state index contributed by atoms with van der Waals surface area (Å²) in [5, 5.41) is 8.26. The lowest BCUT2D eigenvalue weighted by Crippen LogP contribution is -2.31. The third-order valence-electron chi connectivity index (χ3n) is 3.88. The van der Waals surface area contributed by atoms with E-state index in [0.717, 1.165) is 18.5 Å². The van der Waals surface area contributed by atoms with Gasteiger partial charge in [-0.05, 0) is 61.4 Å². The molecule has 114 valence electrons. The number of hydrogen-bond donors (Lipinski definition) is 2. The summed E-state index contributed by atoms with van der Waals surface area (Å²) in [5.74, 6) is 0.687. The number of nitrogens with zero attached hydrogens (tertiary/aromatic N) is 1. The Balaban J connectivity index is 1.94. The van der Waals surface area contributed by atoms with Gasteiger partial charge in [0.1, 0.15) is 0 Å². The molecule has 1 aliphatic rings. The summed E-state index contributed by atoms with van der Waals surface area (Å²) in [6.07, 6.45) is 3.36. The first kappa shape index (κ1) is 16.0. The van der Waals surface area contributed by atoms with Gasteiger partial charge in [-0.2, -0.15) is 5.10 Å². The van der Waals surface area contributed by atoms with Gasteiger partial charge >= 0.3 is 0 Å². The first-order valence-electron chi connectivity index (χ1n) is 7.54. The monoisotopic (exact) mass is 303 g/mol. The normalized spacial score (nSPS) is 22.9. The number of thiocarbonyl (C=S) groups is 1. The first-order chi connectivity index (χ1) is 9.85. The summed E-state index contributed by atoms with van der Waals surface area (Å²) >= 11 is 5.32. The minimum Gasteiger partial charge on any atom is -0.331 e. The lowest BCUT2D eigenvalue weighted by atomic mass is 9.72. The molecule has 1 aromatic rings. The van der Waals surface area contributed by atoms with E-state index in [1.807, 2.05) is 18.2 Å². The summed E-state index contributed by atoms with van der Waals surface area (Å²) in [7, 11) is 0. The smallest absolute Gasteiger partial charge is 0.191 e. The number of rotatable bonds is 2. The summed E-state index contributed by atoms with van der Waals surface area (Å²) in [6.45, 7) is 8.96. The van der Waals surface area contributed by atoms with Gasteiger partial charge in [0.2, 0.25) is 0 Å². The third kappa shape index (κ3) is 4.81. The van der Waals surface area contributed by atoms with Crippen LogP contribution in [0.3, 0.4) is 0 Å². The number of aryl methyl sites for hydroxylation is 1. The molecule has 0 radical (unpaired) electrons. The van der Waals surface area contributed by atoms with E-state index in [4.69, 9.17) is 12.2 Å². The molecule has 0 aromatic heterocycles. The summed E-state index contributed by atoms with van der Waals surface area (Å²) in [6, 6.07) is 8.09. The molecule has 0 amide bonds. The van der Waals surface area contributed by atoms with Crippen LogP contribution in [-0.2, 0) is 0 Å². The Morgan fingerprint density at radius 3 is 2.71 bits per heavy atom. The van der Waals surface area contributed by atoms with Gasteiger partial charge in [-0.25, -0.2) is 0 Å². The molecule has 1 fully saturated rings. The van der Waals surface area contributed by atoms with Gasteiger partial charge in [0.05, 0.1) is 0 Å². The van der Waals surface area contributed by atoms with E-state index in [0.29, 0.717) is 16.4 Å². The van der Waals surface area contributed by atoms with Gasteiger partial charge in [-0.1, -0.05) is 39.0 Å². The lowest BCUT2D eigenvalue weighted by Gasteiger charge is -2.34. The van der Waals surface area contributed by atoms with Crippen molar-refractivity contribution in [1.29, 1.82) is 0 Å². The quantitative estimate of drug-likeness (QED) is 0.624. The van der Waals surface area contributed by atoms with E-state index < -0.39 is 0 Å². The van der Waals surface area contributed by atoms with Crippen molar-refractivity contribution in [2.45, 2.75) is 47.0 Å². The van der Waals surface area contributed by atoms with Crippen molar-refractivity contribution in [3.8, 4) is 0 Å². The molecule has 0 aliphatic heterocycles. The van der Waals surface area contributed by atoms with Crippen LogP contribution in [0.4, 0.5) is 5.69 Å². The SMILES string of the molecule is Cc1ccccc1NC(=S)N/N=C1/C[C@@H](C)CC(C)(C)C1. The summed E-state index contributed by atoms with van der Waals surface area (Å²) in [4.78, 5) is 0. The Kier molecular flexibility index (Phi) is 4.99. The number of hydrogen-bond acceptors (Lipinski definition) is 2. The van der Waals surface area contributed by atoms with Crippen molar-refractivity contribution >= 4 is 28.7 Å². The van der Waals surface area contributed by atoms with Gasteiger partial charge in [-0.3, -0.25) is 5.43 Å². The average Bonchev–Trinajstić information content (AvgIpc) is 2.37. The maximum Gasteiger partial charge on any atom is 0.191 e. The molecule has 0 heterocycles. The van der Waals surface area contributed by atoms with Crippen LogP contribution in [0.15, 0.2) is 29.4 Å². The Morgan fingerprint density at radius 1 is 1.33 bits per heavy atom. The van der Waals surface area contributed by atoms with Crippen LogP contribution >= 0.6 is 12.2 Å². The molecule has 1 saturated carbocycles. The van der Waals surface area contributed by atoms with Crippen LogP contribution < -0.4 is 10.7 Å². The van der Waals surface area contributed by atoms with Crippen LogP contribution in [0.5, 0.6) is 0 Å². The Labute approximate surface area is 133 Å². The van der Waals surface area contributed by atoms with Crippen molar-refractivity contribution in [1.82, 2.24) is 5.43 Å². The zero-order valence-corrected chi connectivity index (χ0v) is 14.2. The minimum absolute atomic E-state index is 0.337. The van der Waals surface area contributed by atoms with Crippen LogP contribution in [-0.4, -0.2) is 10.8 Å². The fourth-order valence-electron chi connectivity index (χ4n) is 3.19. The predicted molar refractivity (Wildman–Crippen MR) is 94.8 cm³/mol. The highest BCUT2D eigenvalue weighted by Crippen LogP contribution is 2.36. The number of benzene rings is 1. The molecule has 1 aromatic carbocycles. The van der Waals surface area contributed by atoms with E-state index in [1.165, 1.54) is 17.7 Å². The standard InChI is InChI=1S/C17H25N3S/c1-12-9-14(11-17(3,4)10-12)19-20-16(21)18-15-8-6-5-7-13(15)2/h5-8,12H,9-11H2,1-4H3,(H2,18,20,21)/b19-14-/t12-/m1/s1. The van der Waals surface area contributed by atoms with E-state index in [1.54, 1.807) is 0 Å². The van der Waals surface area contributed by atoms with Crippen molar-refractivity contribution in [3.63, 3.8) is 0 Å². The Bertz CT molecular complexity index is 549. The number of anilines is 1. The molecule has 0 unspecified atom stereocenters. The molecule has 2 rings (SSSR count). The largest absolute Gasteiger partial charge is 0.331 e. The molecule has 0 saturated heterocycles. The zero-order valence-electron chi connectivity index (χ0n) is 13.4. The lowest BCUT2D eigenvalue weighted by molar-refractivity contribution is 0.265. The molecule has 3 nitrogen and oxygen atoms in total. The van der Waals surface area contributed by atoms with Crippen LogP contribution in [0.1, 0.15) is 45.6 Å².